The molecule has 0 amide bonds. The van der Waals surface area contributed by atoms with E-state index < -0.39 is 6.10 Å². The SMILES string of the molecule is Nc1nc(C(O)c2ccc(Br)cc2)cs1. The molecule has 1 aromatic heterocycles. The Morgan fingerprint density at radius 2 is 2.00 bits per heavy atom. The van der Waals surface area contributed by atoms with Gasteiger partial charge in [-0.2, -0.15) is 0 Å². The highest BCUT2D eigenvalue weighted by Crippen LogP contribution is 2.25. The Labute approximate surface area is 99.7 Å². The van der Waals surface area contributed by atoms with Crippen LogP contribution in [0.15, 0.2) is 34.1 Å². The summed E-state index contributed by atoms with van der Waals surface area (Å²) in [6.07, 6.45) is -0.702. The van der Waals surface area contributed by atoms with Crippen LogP contribution in [0, 0.1) is 0 Å². The first kappa shape index (κ1) is 10.6. The van der Waals surface area contributed by atoms with Crippen LogP contribution in [-0.4, -0.2) is 10.1 Å². The number of rotatable bonds is 2. The molecule has 0 saturated heterocycles. The molecule has 0 saturated carbocycles. The van der Waals surface area contributed by atoms with E-state index in [1.54, 1.807) is 5.38 Å². The lowest BCUT2D eigenvalue weighted by Crippen LogP contribution is -2.00. The standard InChI is InChI=1S/C10H9BrN2OS/c11-7-3-1-6(2-4-7)9(14)8-5-15-10(12)13-8/h1-5,9,14H,(H2,12,13). The topological polar surface area (TPSA) is 59.1 Å². The monoisotopic (exact) mass is 284 g/mol. The minimum atomic E-state index is -0.702. The molecule has 1 heterocycles. The van der Waals surface area contributed by atoms with E-state index in [0.29, 0.717) is 10.8 Å². The van der Waals surface area contributed by atoms with Gasteiger partial charge in [0.15, 0.2) is 5.13 Å². The zero-order valence-corrected chi connectivity index (χ0v) is 10.1. The number of nitrogens with zero attached hydrogens (tertiary/aromatic N) is 1. The van der Waals surface area contributed by atoms with Crippen molar-refractivity contribution in [3.05, 3.63) is 45.4 Å². The first-order valence-corrected chi connectivity index (χ1v) is 5.98. The van der Waals surface area contributed by atoms with Gasteiger partial charge < -0.3 is 10.8 Å². The Balaban J connectivity index is 2.28. The third-order valence-electron chi connectivity index (χ3n) is 2.01. The van der Waals surface area contributed by atoms with Crippen LogP contribution in [0.5, 0.6) is 0 Å². The highest BCUT2D eigenvalue weighted by Gasteiger charge is 2.13. The van der Waals surface area contributed by atoms with Crippen LogP contribution in [0.3, 0.4) is 0 Å². The van der Waals surface area contributed by atoms with Crippen LogP contribution in [0.1, 0.15) is 17.4 Å². The van der Waals surface area contributed by atoms with Crippen molar-refractivity contribution in [1.82, 2.24) is 4.98 Å². The van der Waals surface area contributed by atoms with Gasteiger partial charge in [-0.25, -0.2) is 4.98 Å². The quantitative estimate of drug-likeness (QED) is 0.891. The van der Waals surface area contributed by atoms with Crippen LogP contribution in [0.4, 0.5) is 5.13 Å². The van der Waals surface area contributed by atoms with Crippen molar-refractivity contribution >= 4 is 32.4 Å². The molecule has 3 nitrogen and oxygen atoms in total. The number of thiazole rings is 1. The van der Waals surface area contributed by atoms with Crippen molar-refractivity contribution in [2.75, 3.05) is 5.73 Å². The van der Waals surface area contributed by atoms with E-state index in [2.05, 4.69) is 20.9 Å². The normalized spacial score (nSPS) is 12.7. The van der Waals surface area contributed by atoms with Crippen LogP contribution >= 0.6 is 27.3 Å². The first-order chi connectivity index (χ1) is 7.16. The van der Waals surface area contributed by atoms with E-state index in [1.165, 1.54) is 11.3 Å². The second-order valence-corrected chi connectivity index (χ2v) is 4.87. The number of nitrogens with two attached hydrogens (primary N) is 1. The lowest BCUT2D eigenvalue weighted by Gasteiger charge is -2.07. The lowest BCUT2D eigenvalue weighted by atomic mass is 10.1. The molecule has 0 spiro atoms. The van der Waals surface area contributed by atoms with E-state index in [0.717, 1.165) is 10.0 Å². The summed E-state index contributed by atoms with van der Waals surface area (Å²) in [5.74, 6) is 0. The fourth-order valence-electron chi connectivity index (χ4n) is 1.24. The summed E-state index contributed by atoms with van der Waals surface area (Å²) < 4.78 is 0.983. The van der Waals surface area contributed by atoms with Crippen LogP contribution in [0.25, 0.3) is 0 Å². The van der Waals surface area contributed by atoms with Gasteiger partial charge in [-0.1, -0.05) is 28.1 Å². The number of halogens is 1. The second kappa shape index (κ2) is 4.30. The summed E-state index contributed by atoms with van der Waals surface area (Å²) in [6.45, 7) is 0. The van der Waals surface area contributed by atoms with E-state index in [4.69, 9.17) is 5.73 Å². The highest BCUT2D eigenvalue weighted by atomic mass is 79.9. The van der Waals surface area contributed by atoms with Crippen molar-refractivity contribution < 1.29 is 5.11 Å². The van der Waals surface area contributed by atoms with Gasteiger partial charge in [0.25, 0.3) is 0 Å². The fourth-order valence-corrected chi connectivity index (χ4v) is 2.09. The molecule has 0 bridgehead atoms. The summed E-state index contributed by atoms with van der Waals surface area (Å²) >= 11 is 4.67. The Kier molecular flexibility index (Phi) is 3.04. The predicted octanol–water partition coefficient (Wildman–Crippen LogP) is 2.57. The molecule has 0 aliphatic heterocycles. The van der Waals surface area contributed by atoms with E-state index in [9.17, 15) is 5.11 Å². The number of aromatic nitrogens is 1. The number of anilines is 1. The molecule has 1 aromatic carbocycles. The van der Waals surface area contributed by atoms with Gasteiger partial charge >= 0.3 is 0 Å². The molecule has 78 valence electrons. The summed E-state index contributed by atoms with van der Waals surface area (Å²) in [5, 5.41) is 12.2. The minimum Gasteiger partial charge on any atom is -0.382 e. The molecule has 0 fully saturated rings. The molecule has 3 N–H and O–H groups in total. The van der Waals surface area contributed by atoms with Crippen LogP contribution in [-0.2, 0) is 0 Å². The second-order valence-electron chi connectivity index (χ2n) is 3.06. The number of aliphatic hydroxyl groups excluding tert-OH is 1. The van der Waals surface area contributed by atoms with Crippen LogP contribution < -0.4 is 5.73 Å². The summed E-state index contributed by atoms with van der Waals surface area (Å²) in [5.41, 5.74) is 6.91. The zero-order valence-electron chi connectivity index (χ0n) is 7.72. The van der Waals surface area contributed by atoms with Crippen molar-refractivity contribution in [2.45, 2.75) is 6.10 Å². The van der Waals surface area contributed by atoms with Crippen molar-refractivity contribution in [3.8, 4) is 0 Å². The number of aliphatic hydroxyl groups is 1. The van der Waals surface area contributed by atoms with E-state index >= 15 is 0 Å². The van der Waals surface area contributed by atoms with Gasteiger partial charge in [-0.15, -0.1) is 11.3 Å². The maximum absolute atomic E-state index is 9.97. The average molecular weight is 285 g/mol. The average Bonchev–Trinajstić information content (AvgIpc) is 2.65. The number of benzene rings is 1. The third-order valence-corrected chi connectivity index (χ3v) is 3.23. The summed E-state index contributed by atoms with van der Waals surface area (Å²) in [6, 6.07) is 7.47. The molecule has 1 unspecified atom stereocenters. The third kappa shape index (κ3) is 2.37. The maximum atomic E-state index is 9.97. The molecular weight excluding hydrogens is 276 g/mol. The summed E-state index contributed by atoms with van der Waals surface area (Å²) in [4.78, 5) is 4.04. The number of nitrogen functional groups attached to an aromatic ring is 1. The number of hydrogen-bond donors (Lipinski definition) is 2. The molecular formula is C10H9BrN2OS. The first-order valence-electron chi connectivity index (χ1n) is 4.31. The molecule has 0 radical (unpaired) electrons. The zero-order chi connectivity index (χ0) is 10.8. The number of hydrogen-bond acceptors (Lipinski definition) is 4. The minimum absolute atomic E-state index is 0.473. The highest BCUT2D eigenvalue weighted by molar-refractivity contribution is 9.10. The van der Waals surface area contributed by atoms with Crippen molar-refractivity contribution in [1.29, 1.82) is 0 Å². The molecule has 15 heavy (non-hydrogen) atoms. The van der Waals surface area contributed by atoms with Gasteiger partial charge in [-0.3, -0.25) is 0 Å². The summed E-state index contributed by atoms with van der Waals surface area (Å²) in [7, 11) is 0. The Bertz CT molecular complexity index is 455. The Morgan fingerprint density at radius 3 is 2.53 bits per heavy atom. The Hall–Kier alpha value is -0.910. The van der Waals surface area contributed by atoms with Gasteiger partial charge in [-0.05, 0) is 17.7 Å². The van der Waals surface area contributed by atoms with Crippen molar-refractivity contribution in [2.24, 2.45) is 0 Å². The fraction of sp³-hybridized carbons (Fsp3) is 0.100. The van der Waals surface area contributed by atoms with Crippen molar-refractivity contribution in [3.63, 3.8) is 0 Å². The van der Waals surface area contributed by atoms with E-state index in [1.807, 2.05) is 24.3 Å². The van der Waals surface area contributed by atoms with E-state index in [-0.39, 0.29) is 0 Å². The molecule has 2 rings (SSSR count). The smallest absolute Gasteiger partial charge is 0.180 e. The van der Waals surface area contributed by atoms with Gasteiger partial charge in [0.05, 0.1) is 5.69 Å². The predicted molar refractivity (Wildman–Crippen MR) is 64.7 cm³/mol. The van der Waals surface area contributed by atoms with Gasteiger partial charge in [0.1, 0.15) is 6.10 Å². The van der Waals surface area contributed by atoms with Crippen LogP contribution in [0.2, 0.25) is 0 Å². The largest absolute Gasteiger partial charge is 0.382 e. The van der Waals surface area contributed by atoms with Gasteiger partial charge in [0, 0.05) is 9.85 Å². The molecule has 0 aliphatic rings. The van der Waals surface area contributed by atoms with Gasteiger partial charge in [0.2, 0.25) is 0 Å². The molecule has 1 atom stereocenters. The Morgan fingerprint density at radius 1 is 1.33 bits per heavy atom. The lowest BCUT2D eigenvalue weighted by molar-refractivity contribution is 0.216. The molecule has 2 aromatic rings. The maximum Gasteiger partial charge on any atom is 0.180 e. The molecule has 5 heteroatoms. The molecule has 0 aliphatic carbocycles.